The number of hydroxylamine groups is 1. The molecule has 2 aromatic carbocycles. The minimum absolute atomic E-state index is 0.0121. The quantitative estimate of drug-likeness (QED) is 0.430. The largest absolute Gasteiger partial charge is 0.468 e. The van der Waals surface area contributed by atoms with Gasteiger partial charge < -0.3 is 13.9 Å². The van der Waals surface area contributed by atoms with Gasteiger partial charge in [-0.15, -0.1) is 0 Å². The number of rotatable bonds is 5. The normalized spacial score (nSPS) is 19.9. The molecule has 2 heterocycles. The summed E-state index contributed by atoms with van der Waals surface area (Å²) in [6.45, 7) is 1.98. The summed E-state index contributed by atoms with van der Waals surface area (Å²) in [5.74, 6) is -0.906. The maximum atomic E-state index is 13.4. The van der Waals surface area contributed by atoms with Gasteiger partial charge in [0.25, 0.3) is 0 Å². The second-order valence-corrected chi connectivity index (χ2v) is 7.74. The molecule has 1 aromatic heterocycles. The number of methoxy groups -OCH3 is 2. The molecule has 0 N–H and O–H groups in total. The highest BCUT2D eigenvalue weighted by Crippen LogP contribution is 2.53. The van der Waals surface area contributed by atoms with E-state index >= 15 is 0 Å². The van der Waals surface area contributed by atoms with Gasteiger partial charge in [-0.1, -0.05) is 48.0 Å². The number of aryl methyl sites for hydroxylation is 1. The molecule has 3 aromatic rings. The van der Waals surface area contributed by atoms with Crippen molar-refractivity contribution in [2.75, 3.05) is 19.3 Å². The van der Waals surface area contributed by atoms with Crippen LogP contribution < -0.4 is 5.06 Å². The third-order valence-corrected chi connectivity index (χ3v) is 5.81. The van der Waals surface area contributed by atoms with Crippen LogP contribution >= 0.6 is 0 Å². The number of esters is 2. The van der Waals surface area contributed by atoms with Crippen LogP contribution in [0.2, 0.25) is 0 Å². The van der Waals surface area contributed by atoms with Crippen LogP contribution in [0.4, 0.5) is 5.69 Å². The molecule has 7 nitrogen and oxygen atoms in total. The number of carbonyl (C=O) groups excluding carboxylic acids is 2. The summed E-state index contributed by atoms with van der Waals surface area (Å²) in [4.78, 5) is 33.2. The first-order valence-corrected chi connectivity index (χ1v) is 10.3. The third-order valence-electron chi connectivity index (χ3n) is 5.81. The molecule has 0 unspecified atom stereocenters. The number of hydrogen-bond donors (Lipinski definition) is 0. The lowest BCUT2D eigenvalue weighted by atomic mass is 9.71. The summed E-state index contributed by atoms with van der Waals surface area (Å²) in [6, 6.07) is 19.6. The van der Waals surface area contributed by atoms with Crippen molar-refractivity contribution in [1.29, 1.82) is 0 Å². The van der Waals surface area contributed by atoms with Gasteiger partial charge in [0, 0.05) is 6.42 Å². The van der Waals surface area contributed by atoms with E-state index in [2.05, 4.69) is 0 Å². The predicted octanol–water partition coefficient (Wildman–Crippen LogP) is 4.54. The molecule has 0 spiro atoms. The molecule has 2 atom stereocenters. The zero-order valence-electron chi connectivity index (χ0n) is 18.2. The van der Waals surface area contributed by atoms with Crippen LogP contribution in [0.5, 0.6) is 0 Å². The fourth-order valence-electron chi connectivity index (χ4n) is 4.26. The van der Waals surface area contributed by atoms with Crippen LogP contribution in [0.15, 0.2) is 77.4 Å². The molecule has 0 radical (unpaired) electrons. The fraction of sp³-hybridized carbons (Fsp3) is 0.280. The summed E-state index contributed by atoms with van der Waals surface area (Å²) >= 11 is 0. The van der Waals surface area contributed by atoms with Crippen LogP contribution in [0.1, 0.15) is 35.5 Å². The average molecular weight is 435 g/mol. The summed E-state index contributed by atoms with van der Waals surface area (Å²) in [5.41, 5.74) is 0.752. The van der Waals surface area contributed by atoms with Crippen molar-refractivity contribution in [3.05, 3.63) is 89.9 Å². The Hall–Kier alpha value is -3.58. The van der Waals surface area contributed by atoms with E-state index in [1.54, 1.807) is 17.2 Å². The van der Waals surface area contributed by atoms with Gasteiger partial charge in [0.2, 0.25) is 0 Å². The van der Waals surface area contributed by atoms with Gasteiger partial charge in [-0.25, -0.2) is 5.06 Å². The van der Waals surface area contributed by atoms with Crippen LogP contribution in [0, 0.1) is 12.3 Å². The Bertz CT molecular complexity index is 1050. The molecule has 0 bridgehead atoms. The molecule has 4 rings (SSSR count). The van der Waals surface area contributed by atoms with E-state index in [9.17, 15) is 9.59 Å². The summed E-state index contributed by atoms with van der Waals surface area (Å²) < 4.78 is 15.9. The SMILES string of the molecule is COC(=O)C1(C(=O)OC)C[C@H](c2ccco2)ON(c2ccc(C)cc2)[C@@H]1c1ccccc1. The number of anilines is 1. The summed E-state index contributed by atoms with van der Waals surface area (Å²) in [5, 5.41) is 1.60. The Labute approximate surface area is 186 Å². The molecule has 1 aliphatic rings. The Morgan fingerprint density at radius 3 is 2.16 bits per heavy atom. The third kappa shape index (κ3) is 3.65. The monoisotopic (exact) mass is 435 g/mol. The van der Waals surface area contributed by atoms with E-state index in [1.165, 1.54) is 20.5 Å². The van der Waals surface area contributed by atoms with E-state index in [-0.39, 0.29) is 6.42 Å². The number of furan rings is 1. The van der Waals surface area contributed by atoms with Crippen LogP contribution in [-0.4, -0.2) is 26.2 Å². The second-order valence-electron chi connectivity index (χ2n) is 7.74. The Morgan fingerprint density at radius 2 is 1.59 bits per heavy atom. The standard InChI is InChI=1S/C25H25NO6/c1-17-11-13-19(14-12-17)26-22(18-8-5-4-6-9-18)25(23(27)29-2,24(28)30-3)16-21(32-26)20-10-7-15-31-20/h4-15,21-22H,16H2,1-3H3/t21-,22-/m1/s1. The number of carbonyl (C=O) groups is 2. The molecular formula is C25H25NO6. The fourth-order valence-corrected chi connectivity index (χ4v) is 4.26. The molecule has 0 saturated carbocycles. The van der Waals surface area contributed by atoms with Gasteiger partial charge in [0.15, 0.2) is 5.41 Å². The number of nitrogens with zero attached hydrogens (tertiary/aromatic N) is 1. The molecule has 1 aliphatic heterocycles. The van der Waals surface area contributed by atoms with Crippen molar-refractivity contribution in [3.8, 4) is 0 Å². The Kier molecular flexibility index (Phi) is 6.01. The minimum atomic E-state index is -1.70. The van der Waals surface area contributed by atoms with Crippen molar-refractivity contribution >= 4 is 17.6 Å². The first-order chi connectivity index (χ1) is 15.5. The zero-order valence-corrected chi connectivity index (χ0v) is 18.2. The molecule has 7 heteroatoms. The van der Waals surface area contributed by atoms with Crippen molar-refractivity contribution in [2.45, 2.75) is 25.5 Å². The first kappa shape index (κ1) is 21.6. The smallest absolute Gasteiger partial charge is 0.325 e. The maximum Gasteiger partial charge on any atom is 0.325 e. The van der Waals surface area contributed by atoms with Crippen molar-refractivity contribution < 1.29 is 28.3 Å². The van der Waals surface area contributed by atoms with E-state index in [0.717, 1.165) is 5.56 Å². The number of benzene rings is 2. The van der Waals surface area contributed by atoms with Gasteiger partial charge in [-0.2, -0.15) is 0 Å². The van der Waals surface area contributed by atoms with Gasteiger partial charge in [0.05, 0.1) is 26.2 Å². The Balaban J connectivity index is 1.97. The highest BCUT2D eigenvalue weighted by molar-refractivity contribution is 6.02. The number of hydrogen-bond acceptors (Lipinski definition) is 7. The van der Waals surface area contributed by atoms with Crippen molar-refractivity contribution in [3.63, 3.8) is 0 Å². The minimum Gasteiger partial charge on any atom is -0.468 e. The second kappa shape index (κ2) is 8.88. The molecule has 0 aliphatic carbocycles. The average Bonchev–Trinajstić information content (AvgIpc) is 3.38. The summed E-state index contributed by atoms with van der Waals surface area (Å²) in [6.07, 6.45) is 0.794. The van der Waals surface area contributed by atoms with Gasteiger partial charge in [0.1, 0.15) is 17.9 Å². The van der Waals surface area contributed by atoms with Crippen molar-refractivity contribution in [1.82, 2.24) is 0 Å². The molecule has 32 heavy (non-hydrogen) atoms. The van der Waals surface area contributed by atoms with Crippen LogP contribution in [0.3, 0.4) is 0 Å². The van der Waals surface area contributed by atoms with Crippen molar-refractivity contribution in [2.24, 2.45) is 5.41 Å². The van der Waals surface area contributed by atoms with Gasteiger partial charge >= 0.3 is 11.9 Å². The molecule has 0 amide bonds. The highest BCUT2D eigenvalue weighted by Gasteiger charge is 2.62. The predicted molar refractivity (Wildman–Crippen MR) is 116 cm³/mol. The topological polar surface area (TPSA) is 78.2 Å². The van der Waals surface area contributed by atoms with E-state index in [4.69, 9.17) is 18.7 Å². The lowest BCUT2D eigenvalue weighted by molar-refractivity contribution is -0.187. The van der Waals surface area contributed by atoms with Gasteiger partial charge in [-0.3, -0.25) is 14.4 Å². The highest BCUT2D eigenvalue weighted by atomic mass is 16.7. The van der Waals surface area contributed by atoms with E-state index < -0.39 is 29.5 Å². The maximum absolute atomic E-state index is 13.4. The lowest BCUT2D eigenvalue weighted by Crippen LogP contribution is -2.56. The molecular weight excluding hydrogens is 410 g/mol. The van der Waals surface area contributed by atoms with Gasteiger partial charge in [-0.05, 0) is 36.8 Å². The summed E-state index contributed by atoms with van der Waals surface area (Å²) in [7, 11) is 2.53. The van der Waals surface area contributed by atoms with E-state index in [1.807, 2.05) is 61.5 Å². The lowest BCUT2D eigenvalue weighted by Gasteiger charge is -2.48. The molecule has 166 valence electrons. The number of ether oxygens (including phenoxy) is 2. The Morgan fingerprint density at radius 1 is 0.938 bits per heavy atom. The van der Waals surface area contributed by atoms with Crippen LogP contribution in [-0.2, 0) is 23.9 Å². The molecule has 1 fully saturated rings. The zero-order chi connectivity index (χ0) is 22.7. The first-order valence-electron chi connectivity index (χ1n) is 10.3. The molecule has 1 saturated heterocycles. The van der Waals surface area contributed by atoms with E-state index in [0.29, 0.717) is 17.0 Å². The van der Waals surface area contributed by atoms with Crippen LogP contribution in [0.25, 0.3) is 0 Å².